The molecule has 0 spiro atoms. The summed E-state index contributed by atoms with van der Waals surface area (Å²) < 4.78 is 4.92. The standard InChI is InChI=1S/C17H29N5OS/c1-18-16(21(2)13-15-5-10-23-20-15)19-14-17(6-3-4-7-17)22-8-11-24-12-9-22/h5,10H,3-4,6-9,11-14H2,1-2H3,(H,18,19). The summed E-state index contributed by atoms with van der Waals surface area (Å²) in [7, 11) is 3.89. The highest BCUT2D eigenvalue weighted by Crippen LogP contribution is 2.36. The molecule has 1 saturated heterocycles. The monoisotopic (exact) mass is 351 g/mol. The fourth-order valence-corrected chi connectivity index (χ4v) is 4.84. The molecule has 0 bridgehead atoms. The van der Waals surface area contributed by atoms with E-state index in [1.54, 1.807) is 6.26 Å². The third kappa shape index (κ3) is 4.06. The molecular weight excluding hydrogens is 322 g/mol. The highest BCUT2D eigenvalue weighted by Gasteiger charge is 2.40. The van der Waals surface area contributed by atoms with Gasteiger partial charge in [0.1, 0.15) is 12.0 Å². The average molecular weight is 352 g/mol. The molecule has 3 rings (SSSR count). The maximum atomic E-state index is 4.92. The predicted octanol–water partition coefficient (Wildman–Crippen LogP) is 2.04. The van der Waals surface area contributed by atoms with Gasteiger partial charge >= 0.3 is 0 Å². The van der Waals surface area contributed by atoms with E-state index in [2.05, 4.69) is 37.0 Å². The van der Waals surface area contributed by atoms with Crippen LogP contribution in [-0.4, -0.2) is 71.7 Å². The molecule has 1 aliphatic carbocycles. The van der Waals surface area contributed by atoms with Crippen molar-refractivity contribution in [3.05, 3.63) is 18.0 Å². The number of nitrogens with zero attached hydrogens (tertiary/aromatic N) is 4. The Morgan fingerprint density at radius 2 is 2.17 bits per heavy atom. The zero-order chi connectivity index (χ0) is 16.8. The number of rotatable bonds is 5. The van der Waals surface area contributed by atoms with Crippen molar-refractivity contribution in [2.24, 2.45) is 4.99 Å². The van der Waals surface area contributed by atoms with Gasteiger partial charge in [0.2, 0.25) is 0 Å². The molecule has 0 atom stereocenters. The molecule has 0 amide bonds. The lowest BCUT2D eigenvalue weighted by molar-refractivity contribution is 0.106. The minimum absolute atomic E-state index is 0.311. The quantitative estimate of drug-likeness (QED) is 0.647. The molecule has 2 aliphatic rings. The summed E-state index contributed by atoms with van der Waals surface area (Å²) in [4.78, 5) is 9.29. The number of aliphatic imine (C=N–C) groups is 1. The van der Waals surface area contributed by atoms with Crippen molar-refractivity contribution in [1.29, 1.82) is 0 Å². The van der Waals surface area contributed by atoms with Gasteiger partial charge in [0, 0.05) is 56.8 Å². The van der Waals surface area contributed by atoms with E-state index < -0.39 is 0 Å². The Kier molecular flexibility index (Phi) is 6.05. The van der Waals surface area contributed by atoms with Crippen LogP contribution in [0.2, 0.25) is 0 Å². The van der Waals surface area contributed by atoms with Gasteiger partial charge in [0.15, 0.2) is 5.96 Å². The second-order valence-electron chi connectivity index (χ2n) is 6.78. The Morgan fingerprint density at radius 3 is 2.79 bits per heavy atom. The first-order valence-corrected chi connectivity index (χ1v) is 10.0. The lowest BCUT2D eigenvalue weighted by Gasteiger charge is -2.44. The van der Waals surface area contributed by atoms with E-state index in [-0.39, 0.29) is 0 Å². The number of guanidine groups is 1. The summed E-state index contributed by atoms with van der Waals surface area (Å²) in [6.07, 6.45) is 6.90. The summed E-state index contributed by atoms with van der Waals surface area (Å²) in [6.45, 7) is 4.12. The van der Waals surface area contributed by atoms with Gasteiger partial charge in [-0.05, 0) is 12.8 Å². The van der Waals surface area contributed by atoms with Gasteiger partial charge in [0.05, 0.1) is 6.54 Å². The average Bonchev–Trinajstić information content (AvgIpc) is 3.29. The van der Waals surface area contributed by atoms with Crippen LogP contribution in [0.5, 0.6) is 0 Å². The van der Waals surface area contributed by atoms with E-state index in [4.69, 9.17) is 4.52 Å². The Hall–Kier alpha value is -1.21. The maximum absolute atomic E-state index is 4.92. The third-order valence-corrected chi connectivity index (χ3v) is 6.20. The molecule has 134 valence electrons. The first kappa shape index (κ1) is 17.6. The van der Waals surface area contributed by atoms with Crippen LogP contribution in [0.25, 0.3) is 0 Å². The highest BCUT2D eigenvalue weighted by molar-refractivity contribution is 7.99. The molecular formula is C17H29N5OS. The number of hydrogen-bond donors (Lipinski definition) is 1. The zero-order valence-corrected chi connectivity index (χ0v) is 15.6. The third-order valence-electron chi connectivity index (χ3n) is 5.26. The van der Waals surface area contributed by atoms with Gasteiger partial charge in [0.25, 0.3) is 0 Å². The maximum Gasteiger partial charge on any atom is 0.193 e. The van der Waals surface area contributed by atoms with Crippen LogP contribution < -0.4 is 5.32 Å². The fraction of sp³-hybridized carbons (Fsp3) is 0.765. The van der Waals surface area contributed by atoms with E-state index in [1.807, 2.05) is 20.2 Å². The van der Waals surface area contributed by atoms with Gasteiger partial charge < -0.3 is 14.7 Å². The van der Waals surface area contributed by atoms with Crippen molar-refractivity contribution in [2.75, 3.05) is 45.2 Å². The molecule has 1 aliphatic heterocycles. The lowest BCUT2D eigenvalue weighted by atomic mass is 9.94. The lowest BCUT2D eigenvalue weighted by Crippen LogP contribution is -2.57. The van der Waals surface area contributed by atoms with Gasteiger partial charge in [-0.15, -0.1) is 0 Å². The second kappa shape index (κ2) is 8.25. The van der Waals surface area contributed by atoms with Crippen LogP contribution in [0.4, 0.5) is 0 Å². The highest BCUT2D eigenvalue weighted by atomic mass is 32.2. The van der Waals surface area contributed by atoms with Crippen molar-refractivity contribution in [3.63, 3.8) is 0 Å². The summed E-state index contributed by atoms with van der Waals surface area (Å²) in [6, 6.07) is 1.90. The van der Waals surface area contributed by atoms with Gasteiger partial charge in [-0.2, -0.15) is 11.8 Å². The number of thioether (sulfide) groups is 1. The van der Waals surface area contributed by atoms with E-state index in [0.29, 0.717) is 12.1 Å². The first-order chi connectivity index (χ1) is 11.7. The Bertz CT molecular complexity index is 521. The van der Waals surface area contributed by atoms with E-state index in [1.165, 1.54) is 50.3 Å². The Balaban J connectivity index is 1.60. The van der Waals surface area contributed by atoms with Crippen LogP contribution >= 0.6 is 11.8 Å². The minimum Gasteiger partial charge on any atom is -0.364 e. The zero-order valence-electron chi connectivity index (χ0n) is 14.8. The van der Waals surface area contributed by atoms with Crippen LogP contribution in [0.1, 0.15) is 31.4 Å². The van der Waals surface area contributed by atoms with Crippen molar-refractivity contribution in [3.8, 4) is 0 Å². The minimum atomic E-state index is 0.311. The SMILES string of the molecule is CN=C(NCC1(N2CCSCC2)CCCC1)N(C)Cc1ccon1. The van der Waals surface area contributed by atoms with Crippen LogP contribution in [0, 0.1) is 0 Å². The smallest absolute Gasteiger partial charge is 0.193 e. The van der Waals surface area contributed by atoms with Gasteiger partial charge in [-0.1, -0.05) is 18.0 Å². The fourth-order valence-electron chi connectivity index (χ4n) is 3.94. The van der Waals surface area contributed by atoms with Crippen molar-refractivity contribution < 1.29 is 4.52 Å². The number of nitrogens with one attached hydrogen (secondary N) is 1. The summed E-state index contributed by atoms with van der Waals surface area (Å²) >= 11 is 2.08. The number of aromatic nitrogens is 1. The summed E-state index contributed by atoms with van der Waals surface area (Å²) in [5.41, 5.74) is 1.23. The molecule has 1 saturated carbocycles. The molecule has 1 N–H and O–H groups in total. The van der Waals surface area contributed by atoms with Crippen LogP contribution in [0.15, 0.2) is 21.8 Å². The normalized spacial score (nSPS) is 21.8. The summed E-state index contributed by atoms with van der Waals surface area (Å²) in [5.74, 6) is 3.46. The number of hydrogen-bond acceptors (Lipinski definition) is 5. The predicted molar refractivity (Wildman–Crippen MR) is 99.4 cm³/mol. The molecule has 1 aromatic rings. The van der Waals surface area contributed by atoms with Crippen molar-refractivity contribution >= 4 is 17.7 Å². The first-order valence-electron chi connectivity index (χ1n) is 8.87. The van der Waals surface area contributed by atoms with Crippen molar-refractivity contribution in [2.45, 2.75) is 37.8 Å². The second-order valence-corrected chi connectivity index (χ2v) is 8.00. The molecule has 1 aromatic heterocycles. The van der Waals surface area contributed by atoms with Crippen molar-refractivity contribution in [1.82, 2.24) is 20.3 Å². The van der Waals surface area contributed by atoms with E-state index in [9.17, 15) is 0 Å². The van der Waals surface area contributed by atoms with E-state index >= 15 is 0 Å². The molecule has 6 nitrogen and oxygen atoms in total. The van der Waals surface area contributed by atoms with Gasteiger partial charge in [-0.3, -0.25) is 9.89 Å². The van der Waals surface area contributed by atoms with Crippen LogP contribution in [0.3, 0.4) is 0 Å². The molecule has 0 aromatic carbocycles. The molecule has 7 heteroatoms. The summed E-state index contributed by atoms with van der Waals surface area (Å²) in [5, 5.41) is 7.62. The van der Waals surface area contributed by atoms with E-state index in [0.717, 1.165) is 18.2 Å². The molecule has 2 fully saturated rings. The van der Waals surface area contributed by atoms with Gasteiger partial charge in [-0.25, -0.2) is 0 Å². The molecule has 2 heterocycles. The molecule has 0 unspecified atom stereocenters. The Morgan fingerprint density at radius 1 is 1.42 bits per heavy atom. The largest absolute Gasteiger partial charge is 0.364 e. The topological polar surface area (TPSA) is 56.9 Å². The Labute approximate surface area is 149 Å². The van der Waals surface area contributed by atoms with Crippen LogP contribution in [-0.2, 0) is 6.54 Å². The molecule has 0 radical (unpaired) electrons. The molecule has 24 heavy (non-hydrogen) atoms.